The molecule has 0 radical (unpaired) electrons. The number of pyridine rings is 1. The van der Waals surface area contributed by atoms with Crippen molar-refractivity contribution in [3.63, 3.8) is 0 Å². The lowest BCUT2D eigenvalue weighted by molar-refractivity contribution is -0.271. The lowest BCUT2D eigenvalue weighted by Crippen LogP contribution is -2.47. The Hall–Kier alpha value is -2.53. The van der Waals surface area contributed by atoms with Crippen molar-refractivity contribution in [1.29, 1.82) is 0 Å². The molecule has 176 valence electrons. The lowest BCUT2D eigenvalue weighted by atomic mass is 9.92. The summed E-state index contributed by atoms with van der Waals surface area (Å²) in [6.07, 6.45) is -1.95. The van der Waals surface area contributed by atoms with Gasteiger partial charge >= 0.3 is 12.8 Å². The van der Waals surface area contributed by atoms with Crippen molar-refractivity contribution in [2.75, 3.05) is 6.61 Å². The van der Waals surface area contributed by atoms with Gasteiger partial charge in [-0.3, -0.25) is 9.78 Å². The summed E-state index contributed by atoms with van der Waals surface area (Å²) in [5.74, 6) is -0.399. The second kappa shape index (κ2) is 9.53. The summed E-state index contributed by atoms with van der Waals surface area (Å²) >= 11 is 0. The summed E-state index contributed by atoms with van der Waals surface area (Å²) in [4.78, 5) is 16.7. The van der Waals surface area contributed by atoms with Crippen molar-refractivity contribution in [2.24, 2.45) is 0 Å². The maximum absolute atomic E-state index is 12.7. The Kier molecular flexibility index (Phi) is 7.19. The summed E-state index contributed by atoms with van der Waals surface area (Å²) in [6.45, 7) is -3.12. The number of amides is 1. The van der Waals surface area contributed by atoms with Gasteiger partial charge in [-0.25, -0.2) is 0 Å². The number of nitrogens with one attached hydrogen (secondary N) is 1. The molecule has 1 saturated carbocycles. The van der Waals surface area contributed by atoms with Crippen LogP contribution < -0.4 is 10.1 Å². The molecule has 1 fully saturated rings. The molecule has 0 bridgehead atoms. The van der Waals surface area contributed by atoms with Gasteiger partial charge in [0.05, 0.1) is 23.8 Å². The Morgan fingerprint density at radius 2 is 1.91 bits per heavy atom. The van der Waals surface area contributed by atoms with Gasteiger partial charge in [0.2, 0.25) is 0 Å². The van der Waals surface area contributed by atoms with E-state index in [1.54, 1.807) is 6.07 Å². The lowest BCUT2D eigenvalue weighted by Gasteiger charge is -2.32. The Bertz CT molecular complexity index is 943. The third-order valence-electron chi connectivity index (χ3n) is 5.36. The fourth-order valence-electron chi connectivity index (χ4n) is 3.41. The molecule has 0 spiro atoms. The first-order chi connectivity index (χ1) is 14.9. The molecule has 1 heterocycles. The van der Waals surface area contributed by atoms with E-state index < -0.39 is 31.1 Å². The topological polar surface area (TPSA) is 80.7 Å². The zero-order valence-electron chi connectivity index (χ0n) is 17.2. The van der Waals surface area contributed by atoms with E-state index in [4.69, 9.17) is 4.74 Å². The highest BCUT2D eigenvalue weighted by Crippen LogP contribution is 2.31. The first-order valence-corrected chi connectivity index (χ1v) is 10.0. The predicted octanol–water partition coefficient (Wildman–Crippen LogP) is 4.21. The van der Waals surface area contributed by atoms with Crippen molar-refractivity contribution in [3.05, 3.63) is 36.0 Å². The first kappa shape index (κ1) is 24.1. The highest BCUT2D eigenvalue weighted by atomic mass is 19.4. The van der Waals surface area contributed by atoms with Gasteiger partial charge in [0.25, 0.3) is 5.91 Å². The fourth-order valence-corrected chi connectivity index (χ4v) is 3.41. The molecule has 6 nitrogen and oxygen atoms in total. The third-order valence-corrected chi connectivity index (χ3v) is 5.36. The molecule has 1 aliphatic carbocycles. The molecule has 2 aromatic rings. The molecule has 3 rings (SSSR count). The van der Waals surface area contributed by atoms with Gasteiger partial charge in [0, 0.05) is 23.7 Å². The Morgan fingerprint density at radius 3 is 2.53 bits per heavy atom. The van der Waals surface area contributed by atoms with Gasteiger partial charge in [-0.05, 0) is 50.8 Å². The predicted molar refractivity (Wildman–Crippen MR) is 105 cm³/mol. The zero-order valence-corrected chi connectivity index (χ0v) is 17.2. The second-order valence-corrected chi connectivity index (χ2v) is 7.99. The minimum absolute atomic E-state index is 0.0343. The van der Waals surface area contributed by atoms with Gasteiger partial charge in [-0.2, -0.15) is 22.0 Å². The van der Waals surface area contributed by atoms with Crippen molar-refractivity contribution < 1.29 is 41.3 Å². The quantitative estimate of drug-likeness (QED) is 0.603. The van der Waals surface area contributed by atoms with Crippen LogP contribution in [-0.2, 0) is 4.74 Å². The number of carbonyl (C=O) groups is 1. The molecular formula is C21H23F5N2O4. The number of hydrogen-bond acceptors (Lipinski definition) is 5. The number of nitrogens with zero attached hydrogens (tertiary/aromatic N) is 1. The normalized spacial score (nSPS) is 21.4. The van der Waals surface area contributed by atoms with Crippen LogP contribution in [0.2, 0.25) is 0 Å². The van der Waals surface area contributed by atoms with E-state index in [1.165, 1.54) is 24.4 Å². The summed E-state index contributed by atoms with van der Waals surface area (Å²) in [5, 5.41) is 12.9. The van der Waals surface area contributed by atoms with Gasteiger partial charge in [0.15, 0.2) is 5.60 Å². The van der Waals surface area contributed by atoms with Crippen LogP contribution in [0.25, 0.3) is 10.9 Å². The number of alkyl halides is 5. The molecule has 1 aromatic carbocycles. The molecule has 32 heavy (non-hydrogen) atoms. The maximum atomic E-state index is 12.7. The van der Waals surface area contributed by atoms with Crippen LogP contribution >= 0.6 is 0 Å². The number of carbonyl (C=O) groups excluding carboxylic acids is 1. The third kappa shape index (κ3) is 6.04. The number of fused-ring (bicyclic) bond motifs is 1. The van der Waals surface area contributed by atoms with Crippen LogP contribution in [0.4, 0.5) is 22.0 Å². The van der Waals surface area contributed by atoms with Gasteiger partial charge in [0.1, 0.15) is 5.75 Å². The molecule has 11 heteroatoms. The van der Waals surface area contributed by atoms with E-state index in [2.05, 4.69) is 15.0 Å². The molecule has 1 atom stereocenters. The van der Waals surface area contributed by atoms with Crippen molar-refractivity contribution in [2.45, 2.75) is 63.1 Å². The molecule has 1 unspecified atom stereocenters. The Balaban J connectivity index is 1.52. The molecule has 2 N–H and O–H groups in total. The van der Waals surface area contributed by atoms with Crippen LogP contribution in [0.15, 0.2) is 30.5 Å². The molecule has 1 aromatic heterocycles. The number of benzene rings is 1. The average Bonchev–Trinajstić information content (AvgIpc) is 2.71. The van der Waals surface area contributed by atoms with E-state index >= 15 is 0 Å². The summed E-state index contributed by atoms with van der Waals surface area (Å²) < 4.78 is 72.3. The number of aromatic nitrogens is 1. The highest BCUT2D eigenvalue weighted by Gasteiger charge is 2.50. The van der Waals surface area contributed by atoms with Crippen LogP contribution in [0.5, 0.6) is 5.75 Å². The van der Waals surface area contributed by atoms with Crippen LogP contribution in [0.1, 0.15) is 43.0 Å². The van der Waals surface area contributed by atoms with Crippen molar-refractivity contribution >= 4 is 16.8 Å². The number of aliphatic hydroxyl groups is 1. The van der Waals surface area contributed by atoms with Crippen molar-refractivity contribution in [3.8, 4) is 5.75 Å². The molecule has 0 saturated heterocycles. The number of hydrogen-bond donors (Lipinski definition) is 2. The summed E-state index contributed by atoms with van der Waals surface area (Å²) in [7, 11) is 0. The van der Waals surface area contributed by atoms with Crippen molar-refractivity contribution in [1.82, 2.24) is 10.3 Å². The van der Waals surface area contributed by atoms with Gasteiger partial charge in [-0.1, -0.05) is 0 Å². The Labute approximate surface area is 180 Å². The average molecular weight is 462 g/mol. The molecule has 1 amide bonds. The van der Waals surface area contributed by atoms with Crippen LogP contribution in [0, 0.1) is 0 Å². The number of ether oxygens (including phenoxy) is 2. The fraction of sp³-hybridized carbons (Fsp3) is 0.524. The second-order valence-electron chi connectivity index (χ2n) is 7.99. The SMILES string of the molecule is CC(O)(CO[C@H]1CC[C@H](NC(=O)c2cnc3cc(OC(F)F)ccc3c2)CC1)C(F)(F)F. The summed E-state index contributed by atoms with van der Waals surface area (Å²) in [5.41, 5.74) is -2.22. The van der Waals surface area contributed by atoms with E-state index in [0.717, 1.165) is 0 Å². The van der Waals surface area contributed by atoms with E-state index in [0.29, 0.717) is 49.1 Å². The summed E-state index contributed by atoms with van der Waals surface area (Å²) in [6, 6.07) is 5.63. The smallest absolute Gasteiger partial charge is 0.419 e. The molecule has 0 aliphatic heterocycles. The van der Waals surface area contributed by atoms with E-state index in [9.17, 15) is 31.9 Å². The monoisotopic (exact) mass is 462 g/mol. The van der Waals surface area contributed by atoms with E-state index in [1.807, 2.05) is 0 Å². The van der Waals surface area contributed by atoms with E-state index in [-0.39, 0.29) is 17.7 Å². The highest BCUT2D eigenvalue weighted by molar-refractivity contribution is 5.97. The van der Waals surface area contributed by atoms with Gasteiger partial charge in [-0.15, -0.1) is 0 Å². The number of rotatable bonds is 7. The van der Waals surface area contributed by atoms with Gasteiger partial charge < -0.3 is 19.9 Å². The Morgan fingerprint density at radius 1 is 1.22 bits per heavy atom. The maximum Gasteiger partial charge on any atom is 0.419 e. The zero-order chi connectivity index (χ0) is 23.5. The van der Waals surface area contributed by atoms with Crippen LogP contribution in [-0.4, -0.2) is 53.1 Å². The minimum atomic E-state index is -4.77. The standard InChI is InChI=1S/C21H23F5N2O4/c1-20(30,21(24,25)26)11-31-15-6-3-14(4-7-15)28-18(29)13-8-12-2-5-16(32-19(22)23)9-17(12)27-10-13/h2,5,8-10,14-15,19,30H,3-4,6-7,11H2,1H3,(H,28,29)/t14-,15-,20?. The van der Waals surface area contributed by atoms with Crippen LogP contribution in [0.3, 0.4) is 0 Å². The molecular weight excluding hydrogens is 439 g/mol. The number of halogens is 5. The first-order valence-electron chi connectivity index (χ1n) is 10.0. The minimum Gasteiger partial charge on any atom is -0.435 e. The molecule has 1 aliphatic rings. The largest absolute Gasteiger partial charge is 0.435 e.